The normalized spacial score (nSPS) is 16.6. The van der Waals surface area contributed by atoms with Crippen molar-refractivity contribution >= 4 is 0 Å². The van der Waals surface area contributed by atoms with Crippen LogP contribution >= 0.6 is 0 Å². The summed E-state index contributed by atoms with van der Waals surface area (Å²) in [5.41, 5.74) is 4.73. The second-order valence-corrected chi connectivity index (χ2v) is 9.30. The number of ether oxygens (including phenoxy) is 5. The van der Waals surface area contributed by atoms with Crippen LogP contribution in [0.3, 0.4) is 0 Å². The fraction of sp³-hybridized carbons (Fsp3) is 0.393. The van der Waals surface area contributed by atoms with Gasteiger partial charge in [0, 0.05) is 18.8 Å². The Bertz CT molecular complexity index is 1320. The molecule has 0 amide bonds. The fourth-order valence-electron chi connectivity index (χ4n) is 4.60. The van der Waals surface area contributed by atoms with Crippen molar-refractivity contribution in [1.29, 1.82) is 0 Å². The molecular weight excluding hydrogens is 486 g/mol. The van der Waals surface area contributed by atoms with Crippen LogP contribution in [0.1, 0.15) is 40.2 Å². The number of nitrogens with zero attached hydrogens (tertiary/aromatic N) is 5. The standard InChI is InChI=1S/C28H33N5O5/c1-19-25-17-36-18-26(33(25)31-30-19)28(38-16-21-7-11-24(35-4)12-8-21)27(22-13-29-32(2)14-22)37-15-20-5-9-23(34-3)10-6-20/h5-14,26-28H,15-18H2,1-4H3/t26-,27+,28-/m0/s1. The summed E-state index contributed by atoms with van der Waals surface area (Å²) in [6, 6.07) is 15.4. The van der Waals surface area contributed by atoms with Gasteiger partial charge in [-0.2, -0.15) is 5.10 Å². The van der Waals surface area contributed by atoms with Crippen LogP contribution in [0.5, 0.6) is 11.5 Å². The summed E-state index contributed by atoms with van der Waals surface area (Å²) in [6.45, 7) is 3.58. The number of methoxy groups -OCH3 is 2. The van der Waals surface area contributed by atoms with Crippen LogP contribution in [0, 0.1) is 6.92 Å². The Hall–Kier alpha value is -3.73. The molecule has 0 saturated heterocycles. The third-order valence-corrected chi connectivity index (χ3v) is 6.75. The van der Waals surface area contributed by atoms with Crippen molar-refractivity contribution in [3.05, 3.63) is 89.0 Å². The first-order chi connectivity index (χ1) is 18.6. The number of hydrogen-bond acceptors (Lipinski definition) is 8. The molecule has 0 saturated carbocycles. The maximum atomic E-state index is 6.67. The molecule has 1 aliphatic rings. The summed E-state index contributed by atoms with van der Waals surface area (Å²) < 4.78 is 33.6. The Morgan fingerprint density at radius 3 is 2.16 bits per heavy atom. The van der Waals surface area contributed by atoms with Gasteiger partial charge in [-0.25, -0.2) is 4.68 Å². The number of hydrogen-bond donors (Lipinski definition) is 0. The molecule has 38 heavy (non-hydrogen) atoms. The zero-order chi connectivity index (χ0) is 26.5. The smallest absolute Gasteiger partial charge is 0.118 e. The van der Waals surface area contributed by atoms with E-state index in [-0.39, 0.29) is 6.04 Å². The highest BCUT2D eigenvalue weighted by molar-refractivity contribution is 5.28. The maximum Gasteiger partial charge on any atom is 0.118 e. The Morgan fingerprint density at radius 1 is 0.947 bits per heavy atom. The second-order valence-electron chi connectivity index (χ2n) is 9.30. The molecule has 1 aliphatic heterocycles. The van der Waals surface area contributed by atoms with E-state index in [1.54, 1.807) is 18.9 Å². The van der Waals surface area contributed by atoms with Crippen LogP contribution in [0.15, 0.2) is 60.9 Å². The predicted molar refractivity (Wildman–Crippen MR) is 139 cm³/mol. The zero-order valence-electron chi connectivity index (χ0n) is 22.1. The van der Waals surface area contributed by atoms with Crippen molar-refractivity contribution in [1.82, 2.24) is 24.8 Å². The van der Waals surface area contributed by atoms with E-state index in [2.05, 4.69) is 15.4 Å². The molecule has 0 N–H and O–H groups in total. The number of fused-ring (bicyclic) bond motifs is 1. The molecule has 0 unspecified atom stereocenters. The molecule has 200 valence electrons. The molecule has 4 aromatic rings. The van der Waals surface area contributed by atoms with Crippen LogP contribution < -0.4 is 9.47 Å². The van der Waals surface area contributed by atoms with Gasteiger partial charge in [-0.05, 0) is 42.3 Å². The van der Waals surface area contributed by atoms with E-state index in [4.69, 9.17) is 23.7 Å². The van der Waals surface area contributed by atoms with E-state index in [9.17, 15) is 0 Å². The van der Waals surface area contributed by atoms with Gasteiger partial charge in [-0.3, -0.25) is 4.68 Å². The first kappa shape index (κ1) is 25.9. The Kier molecular flexibility index (Phi) is 8.02. The van der Waals surface area contributed by atoms with Gasteiger partial charge in [-0.1, -0.05) is 29.5 Å². The largest absolute Gasteiger partial charge is 0.497 e. The van der Waals surface area contributed by atoms with Crippen LogP contribution in [-0.2, 0) is 41.1 Å². The zero-order valence-corrected chi connectivity index (χ0v) is 22.1. The van der Waals surface area contributed by atoms with Gasteiger partial charge in [0.05, 0.1) is 58.2 Å². The monoisotopic (exact) mass is 519 g/mol. The average molecular weight is 520 g/mol. The van der Waals surface area contributed by atoms with Gasteiger partial charge in [-0.15, -0.1) is 5.10 Å². The van der Waals surface area contributed by atoms with Crippen molar-refractivity contribution in [2.45, 2.75) is 45.0 Å². The second kappa shape index (κ2) is 11.8. The molecule has 10 nitrogen and oxygen atoms in total. The van der Waals surface area contributed by atoms with E-state index < -0.39 is 12.2 Å². The number of rotatable bonds is 11. The maximum absolute atomic E-state index is 6.67. The Morgan fingerprint density at radius 2 is 1.58 bits per heavy atom. The van der Waals surface area contributed by atoms with Gasteiger partial charge >= 0.3 is 0 Å². The topological polar surface area (TPSA) is 94.7 Å². The van der Waals surface area contributed by atoms with Crippen LogP contribution in [0.2, 0.25) is 0 Å². The van der Waals surface area contributed by atoms with Crippen LogP contribution in [0.4, 0.5) is 0 Å². The minimum absolute atomic E-state index is 0.251. The third-order valence-electron chi connectivity index (χ3n) is 6.75. The molecule has 0 fully saturated rings. The van der Waals surface area contributed by atoms with E-state index in [0.29, 0.717) is 26.4 Å². The average Bonchev–Trinajstić information content (AvgIpc) is 3.56. The van der Waals surface area contributed by atoms with Crippen molar-refractivity contribution in [3.8, 4) is 11.5 Å². The van der Waals surface area contributed by atoms with Crippen molar-refractivity contribution in [2.75, 3.05) is 20.8 Å². The minimum Gasteiger partial charge on any atom is -0.497 e. The lowest BCUT2D eigenvalue weighted by molar-refractivity contribution is -0.130. The predicted octanol–water partition coefficient (Wildman–Crippen LogP) is 3.95. The first-order valence-corrected chi connectivity index (χ1v) is 12.5. The number of aryl methyl sites for hydroxylation is 2. The molecule has 2 aromatic carbocycles. The Labute approximate surface area is 222 Å². The van der Waals surface area contributed by atoms with Gasteiger partial charge in [0.15, 0.2) is 0 Å². The van der Waals surface area contributed by atoms with E-state index in [1.165, 1.54) is 0 Å². The summed E-state index contributed by atoms with van der Waals surface area (Å²) in [7, 11) is 5.20. The van der Waals surface area contributed by atoms with E-state index in [1.807, 2.05) is 79.6 Å². The molecular formula is C28H33N5O5. The lowest BCUT2D eigenvalue weighted by Crippen LogP contribution is -2.40. The minimum atomic E-state index is -0.451. The summed E-state index contributed by atoms with van der Waals surface area (Å²) in [6.07, 6.45) is 2.88. The number of aromatic nitrogens is 5. The van der Waals surface area contributed by atoms with E-state index >= 15 is 0 Å². The molecule has 0 aliphatic carbocycles. The van der Waals surface area contributed by atoms with Gasteiger partial charge in [0.1, 0.15) is 29.7 Å². The van der Waals surface area contributed by atoms with Gasteiger partial charge in [0.2, 0.25) is 0 Å². The lowest BCUT2D eigenvalue weighted by atomic mass is 9.99. The van der Waals surface area contributed by atoms with Crippen molar-refractivity contribution in [3.63, 3.8) is 0 Å². The first-order valence-electron chi connectivity index (χ1n) is 12.5. The molecule has 5 rings (SSSR count). The van der Waals surface area contributed by atoms with Gasteiger partial charge in [0.25, 0.3) is 0 Å². The molecule has 2 aromatic heterocycles. The van der Waals surface area contributed by atoms with Crippen molar-refractivity contribution < 1.29 is 23.7 Å². The summed E-state index contributed by atoms with van der Waals surface area (Å²) in [5.74, 6) is 1.59. The SMILES string of the molecule is COc1ccc(CO[C@H]([C@H](OCc2ccc(OC)cc2)c2cnn(C)c2)[C@@H]2COCc3c(C)nnn32)cc1. The highest BCUT2D eigenvalue weighted by atomic mass is 16.5. The van der Waals surface area contributed by atoms with Crippen LogP contribution in [0.25, 0.3) is 0 Å². The molecule has 10 heteroatoms. The number of benzene rings is 2. The summed E-state index contributed by atoms with van der Waals surface area (Å²) in [5, 5.41) is 13.2. The lowest BCUT2D eigenvalue weighted by Gasteiger charge is -2.35. The highest BCUT2D eigenvalue weighted by Crippen LogP contribution is 2.35. The molecule has 0 radical (unpaired) electrons. The van der Waals surface area contributed by atoms with E-state index in [0.717, 1.165) is 39.6 Å². The highest BCUT2D eigenvalue weighted by Gasteiger charge is 2.38. The van der Waals surface area contributed by atoms with Crippen molar-refractivity contribution in [2.24, 2.45) is 7.05 Å². The Balaban J connectivity index is 1.46. The van der Waals surface area contributed by atoms with Gasteiger partial charge < -0.3 is 23.7 Å². The quantitative estimate of drug-likeness (QED) is 0.294. The summed E-state index contributed by atoms with van der Waals surface area (Å²) in [4.78, 5) is 0. The third kappa shape index (κ3) is 5.72. The summed E-state index contributed by atoms with van der Waals surface area (Å²) >= 11 is 0. The van der Waals surface area contributed by atoms with Crippen LogP contribution in [-0.4, -0.2) is 51.7 Å². The fourth-order valence-corrected chi connectivity index (χ4v) is 4.60. The molecule has 0 spiro atoms. The molecule has 0 bridgehead atoms. The molecule has 3 heterocycles. The molecule has 3 atom stereocenters.